The van der Waals surface area contributed by atoms with Crippen LogP contribution in [0, 0.1) is 0 Å². The number of nitrogens with one attached hydrogen (secondary N) is 1. The number of benzene rings is 1. The van der Waals surface area contributed by atoms with Crippen molar-refractivity contribution in [3.63, 3.8) is 0 Å². The van der Waals surface area contributed by atoms with Crippen LogP contribution in [0.2, 0.25) is 0 Å². The SMILES string of the molecule is c1ccc2c(c1)CNCCN2Cc1ccsc1. The van der Waals surface area contributed by atoms with Crippen LogP contribution in [0.25, 0.3) is 0 Å². The van der Waals surface area contributed by atoms with Gasteiger partial charge in [-0.15, -0.1) is 0 Å². The predicted molar refractivity (Wildman–Crippen MR) is 73.5 cm³/mol. The fourth-order valence-electron chi connectivity index (χ4n) is 2.29. The van der Waals surface area contributed by atoms with Crippen molar-refractivity contribution in [1.29, 1.82) is 0 Å². The molecule has 1 N–H and O–H groups in total. The fourth-order valence-corrected chi connectivity index (χ4v) is 2.95. The van der Waals surface area contributed by atoms with Gasteiger partial charge < -0.3 is 10.2 Å². The van der Waals surface area contributed by atoms with E-state index in [1.165, 1.54) is 16.8 Å². The lowest BCUT2D eigenvalue weighted by atomic mass is 10.1. The van der Waals surface area contributed by atoms with Crippen LogP contribution in [-0.4, -0.2) is 13.1 Å². The summed E-state index contributed by atoms with van der Waals surface area (Å²) in [5.41, 5.74) is 4.19. The van der Waals surface area contributed by atoms with Gasteiger partial charge in [0, 0.05) is 31.9 Å². The van der Waals surface area contributed by atoms with Crippen molar-refractivity contribution in [2.45, 2.75) is 13.1 Å². The maximum absolute atomic E-state index is 3.47. The van der Waals surface area contributed by atoms with E-state index in [2.05, 4.69) is 51.3 Å². The maximum atomic E-state index is 3.47. The van der Waals surface area contributed by atoms with E-state index < -0.39 is 0 Å². The van der Waals surface area contributed by atoms with Crippen LogP contribution >= 0.6 is 11.3 Å². The molecule has 0 radical (unpaired) electrons. The lowest BCUT2D eigenvalue weighted by molar-refractivity contribution is 0.689. The van der Waals surface area contributed by atoms with Gasteiger partial charge in [0.2, 0.25) is 0 Å². The van der Waals surface area contributed by atoms with Crippen molar-refractivity contribution in [3.05, 3.63) is 52.2 Å². The van der Waals surface area contributed by atoms with Crippen molar-refractivity contribution in [1.82, 2.24) is 5.32 Å². The Morgan fingerprint density at radius 1 is 1.24 bits per heavy atom. The highest BCUT2D eigenvalue weighted by Gasteiger charge is 2.14. The van der Waals surface area contributed by atoms with Gasteiger partial charge in [0.25, 0.3) is 0 Å². The number of nitrogens with zero attached hydrogens (tertiary/aromatic N) is 1. The van der Waals surface area contributed by atoms with Gasteiger partial charge in [-0.05, 0) is 34.0 Å². The number of para-hydroxylation sites is 1. The standard InChI is InChI=1S/C14H16N2S/c1-2-4-14-13(3-1)9-15-6-7-16(14)10-12-5-8-17-11-12/h1-5,8,11,15H,6-7,9-10H2. The third-order valence-corrected chi connectivity index (χ3v) is 3.89. The summed E-state index contributed by atoms with van der Waals surface area (Å²) < 4.78 is 0. The van der Waals surface area contributed by atoms with Crippen LogP contribution in [-0.2, 0) is 13.1 Å². The Hall–Kier alpha value is -1.32. The number of anilines is 1. The Kier molecular flexibility index (Phi) is 3.12. The van der Waals surface area contributed by atoms with Gasteiger partial charge in [0.1, 0.15) is 0 Å². The monoisotopic (exact) mass is 244 g/mol. The van der Waals surface area contributed by atoms with E-state index in [1.54, 1.807) is 11.3 Å². The summed E-state index contributed by atoms with van der Waals surface area (Å²) in [7, 11) is 0. The Morgan fingerprint density at radius 3 is 3.06 bits per heavy atom. The molecule has 0 amide bonds. The summed E-state index contributed by atoms with van der Waals surface area (Å²) in [4.78, 5) is 2.47. The fraction of sp³-hybridized carbons (Fsp3) is 0.286. The molecule has 3 rings (SSSR count). The van der Waals surface area contributed by atoms with Crippen LogP contribution in [0.3, 0.4) is 0 Å². The predicted octanol–water partition coefficient (Wildman–Crippen LogP) is 2.86. The second kappa shape index (κ2) is 4.90. The van der Waals surface area contributed by atoms with Gasteiger partial charge in [-0.1, -0.05) is 18.2 Å². The molecule has 0 fully saturated rings. The third-order valence-electron chi connectivity index (χ3n) is 3.16. The van der Waals surface area contributed by atoms with Gasteiger partial charge >= 0.3 is 0 Å². The smallest absolute Gasteiger partial charge is 0.0438 e. The zero-order valence-corrected chi connectivity index (χ0v) is 10.5. The molecule has 0 aliphatic carbocycles. The minimum Gasteiger partial charge on any atom is -0.366 e. The molecule has 1 aliphatic heterocycles. The molecule has 0 atom stereocenters. The largest absolute Gasteiger partial charge is 0.366 e. The van der Waals surface area contributed by atoms with Crippen LogP contribution in [0.1, 0.15) is 11.1 Å². The number of hydrogen-bond donors (Lipinski definition) is 1. The summed E-state index contributed by atoms with van der Waals surface area (Å²) >= 11 is 1.77. The van der Waals surface area contributed by atoms with Crippen molar-refractivity contribution in [2.24, 2.45) is 0 Å². The molecule has 0 spiro atoms. The molecule has 0 saturated heterocycles. The summed E-state index contributed by atoms with van der Waals surface area (Å²) in [6, 6.07) is 10.9. The number of thiophene rings is 1. The second-order valence-electron chi connectivity index (χ2n) is 4.36. The van der Waals surface area contributed by atoms with Crippen LogP contribution < -0.4 is 10.2 Å². The molecule has 2 aromatic rings. The Bertz CT molecular complexity index is 479. The highest BCUT2D eigenvalue weighted by Crippen LogP contribution is 2.24. The number of rotatable bonds is 2. The molecule has 0 saturated carbocycles. The highest BCUT2D eigenvalue weighted by atomic mass is 32.1. The first-order valence-electron chi connectivity index (χ1n) is 5.98. The van der Waals surface area contributed by atoms with Crippen LogP contribution in [0.15, 0.2) is 41.1 Å². The van der Waals surface area contributed by atoms with Crippen molar-refractivity contribution in [3.8, 4) is 0 Å². The van der Waals surface area contributed by atoms with E-state index in [0.29, 0.717) is 0 Å². The zero-order valence-electron chi connectivity index (χ0n) is 9.73. The minimum absolute atomic E-state index is 0.982. The molecule has 17 heavy (non-hydrogen) atoms. The van der Waals surface area contributed by atoms with Gasteiger partial charge in [-0.25, -0.2) is 0 Å². The molecular formula is C14H16N2S. The maximum Gasteiger partial charge on any atom is 0.0438 e. The summed E-state index contributed by atoms with van der Waals surface area (Å²) in [6.45, 7) is 4.13. The Labute approximate surface area is 106 Å². The van der Waals surface area contributed by atoms with E-state index >= 15 is 0 Å². The lowest BCUT2D eigenvalue weighted by Crippen LogP contribution is -2.28. The van der Waals surface area contributed by atoms with Gasteiger partial charge in [0.05, 0.1) is 0 Å². The van der Waals surface area contributed by atoms with Crippen molar-refractivity contribution < 1.29 is 0 Å². The number of hydrogen-bond acceptors (Lipinski definition) is 3. The first kappa shape index (κ1) is 10.8. The molecule has 1 aromatic carbocycles. The van der Waals surface area contributed by atoms with E-state index in [4.69, 9.17) is 0 Å². The quantitative estimate of drug-likeness (QED) is 0.874. The van der Waals surface area contributed by atoms with E-state index in [0.717, 1.165) is 26.2 Å². The second-order valence-corrected chi connectivity index (χ2v) is 5.14. The van der Waals surface area contributed by atoms with Gasteiger partial charge in [0.15, 0.2) is 0 Å². The third kappa shape index (κ3) is 2.35. The first-order chi connectivity index (χ1) is 8.43. The molecule has 2 nitrogen and oxygen atoms in total. The van der Waals surface area contributed by atoms with Crippen molar-refractivity contribution >= 4 is 17.0 Å². The summed E-state index contributed by atoms with van der Waals surface area (Å²) in [5.74, 6) is 0. The molecule has 3 heteroatoms. The van der Waals surface area contributed by atoms with E-state index in [9.17, 15) is 0 Å². The average Bonchev–Trinajstić information content (AvgIpc) is 2.78. The topological polar surface area (TPSA) is 15.3 Å². The van der Waals surface area contributed by atoms with Gasteiger partial charge in [-0.3, -0.25) is 0 Å². The molecule has 1 aliphatic rings. The minimum atomic E-state index is 0.982. The average molecular weight is 244 g/mol. The van der Waals surface area contributed by atoms with Crippen LogP contribution in [0.4, 0.5) is 5.69 Å². The molecular weight excluding hydrogens is 228 g/mol. The highest BCUT2D eigenvalue weighted by molar-refractivity contribution is 7.07. The molecule has 1 aromatic heterocycles. The molecule has 0 bridgehead atoms. The van der Waals surface area contributed by atoms with E-state index in [-0.39, 0.29) is 0 Å². The lowest BCUT2D eigenvalue weighted by Gasteiger charge is -2.24. The Morgan fingerprint density at radius 2 is 2.18 bits per heavy atom. The molecule has 2 heterocycles. The summed E-state index contributed by atoms with van der Waals surface area (Å²) in [6.07, 6.45) is 0. The van der Waals surface area contributed by atoms with Crippen molar-refractivity contribution in [2.75, 3.05) is 18.0 Å². The summed E-state index contributed by atoms with van der Waals surface area (Å²) in [5, 5.41) is 7.86. The Balaban J connectivity index is 1.89. The molecule has 0 unspecified atom stereocenters. The normalized spacial score (nSPS) is 15.4. The first-order valence-corrected chi connectivity index (χ1v) is 6.92. The van der Waals surface area contributed by atoms with Crippen LogP contribution in [0.5, 0.6) is 0 Å². The zero-order chi connectivity index (χ0) is 11.5. The number of fused-ring (bicyclic) bond motifs is 1. The van der Waals surface area contributed by atoms with E-state index in [1.807, 2.05) is 0 Å². The van der Waals surface area contributed by atoms with Gasteiger partial charge in [-0.2, -0.15) is 11.3 Å². The molecule has 88 valence electrons.